The Kier molecular flexibility index (Phi) is 3.24. The zero-order valence-electron chi connectivity index (χ0n) is 8.34. The number of halogens is 2. The highest BCUT2D eigenvalue weighted by Gasteiger charge is 2.23. The van der Waals surface area contributed by atoms with Crippen LogP contribution in [0.3, 0.4) is 0 Å². The number of thioether (sulfide) groups is 1. The second-order valence-electron chi connectivity index (χ2n) is 3.80. The molecular weight excluding hydrogens is 235 g/mol. The van der Waals surface area contributed by atoms with Crippen LogP contribution in [0.5, 0.6) is 0 Å². The van der Waals surface area contributed by atoms with E-state index in [-0.39, 0.29) is 5.02 Å². The molecule has 2 atom stereocenters. The quantitative estimate of drug-likeness (QED) is 0.756. The zero-order valence-corrected chi connectivity index (χ0v) is 9.91. The molecule has 1 unspecified atom stereocenters. The van der Waals surface area contributed by atoms with Gasteiger partial charge in [0.1, 0.15) is 5.82 Å². The molecule has 0 spiro atoms. The molecule has 1 N–H and O–H groups in total. The van der Waals surface area contributed by atoms with E-state index in [4.69, 9.17) is 11.6 Å². The van der Waals surface area contributed by atoms with Crippen molar-refractivity contribution in [2.24, 2.45) is 0 Å². The van der Waals surface area contributed by atoms with Crippen LogP contribution in [0.4, 0.5) is 4.39 Å². The van der Waals surface area contributed by atoms with Gasteiger partial charge in [0.25, 0.3) is 0 Å². The lowest BCUT2D eigenvalue weighted by Crippen LogP contribution is -2.04. The van der Waals surface area contributed by atoms with Gasteiger partial charge in [0.2, 0.25) is 0 Å². The largest absolute Gasteiger partial charge is 0.388 e. The number of aliphatic hydroxyl groups is 1. The predicted octanol–water partition coefficient (Wildman–Crippen LogP) is 3.54. The summed E-state index contributed by atoms with van der Waals surface area (Å²) in [5.74, 6) is 0.266. The Bertz CT molecular complexity index is 383. The number of fused-ring (bicyclic) bond motifs is 1. The maximum absolute atomic E-state index is 13.2. The van der Waals surface area contributed by atoms with Crippen LogP contribution in [0.15, 0.2) is 12.1 Å². The van der Waals surface area contributed by atoms with Crippen LogP contribution >= 0.6 is 23.4 Å². The van der Waals surface area contributed by atoms with Gasteiger partial charge in [-0.15, -0.1) is 0 Å². The summed E-state index contributed by atoms with van der Waals surface area (Å²) in [6.45, 7) is 2.06. The van der Waals surface area contributed by atoms with E-state index in [2.05, 4.69) is 6.92 Å². The third kappa shape index (κ3) is 2.14. The Morgan fingerprint density at radius 2 is 2.27 bits per heavy atom. The zero-order chi connectivity index (χ0) is 11.0. The van der Waals surface area contributed by atoms with Crippen molar-refractivity contribution < 1.29 is 9.50 Å². The first-order valence-corrected chi connectivity index (χ1v) is 6.28. The van der Waals surface area contributed by atoms with Crippen LogP contribution in [0.2, 0.25) is 5.02 Å². The Hall–Kier alpha value is -0.250. The topological polar surface area (TPSA) is 20.2 Å². The first-order valence-electron chi connectivity index (χ1n) is 4.86. The summed E-state index contributed by atoms with van der Waals surface area (Å²) in [4.78, 5) is 0. The predicted molar refractivity (Wildman–Crippen MR) is 61.7 cm³/mol. The van der Waals surface area contributed by atoms with Gasteiger partial charge in [0.05, 0.1) is 11.1 Å². The van der Waals surface area contributed by atoms with Gasteiger partial charge in [-0.2, -0.15) is 11.8 Å². The van der Waals surface area contributed by atoms with Crippen LogP contribution in [-0.4, -0.2) is 10.4 Å². The lowest BCUT2D eigenvalue weighted by molar-refractivity contribution is 0.168. The lowest BCUT2D eigenvalue weighted by atomic mass is 10.00. The van der Waals surface area contributed by atoms with Gasteiger partial charge in [-0.1, -0.05) is 24.6 Å². The Balaban J connectivity index is 2.48. The standard InChI is InChI=1S/C11H12ClFOS/c1-6-4-10(14)7-2-3-9(13)11(12)8(7)5-15-6/h2-3,6,10,14H,4-5H2,1H3/t6?,10-/m1/s1. The molecule has 1 aromatic carbocycles. The summed E-state index contributed by atoms with van der Waals surface area (Å²) < 4.78 is 13.2. The maximum Gasteiger partial charge on any atom is 0.142 e. The van der Waals surface area contributed by atoms with E-state index in [1.807, 2.05) is 0 Å². The van der Waals surface area contributed by atoms with Gasteiger partial charge in [0, 0.05) is 11.0 Å². The number of benzene rings is 1. The average Bonchev–Trinajstić information content (AvgIpc) is 2.32. The number of hydrogen-bond acceptors (Lipinski definition) is 2. The SMILES string of the molecule is CC1C[C@@H](O)c2ccc(F)c(Cl)c2CS1. The Labute approximate surface area is 97.6 Å². The van der Waals surface area contributed by atoms with Gasteiger partial charge in [0.15, 0.2) is 0 Å². The van der Waals surface area contributed by atoms with Gasteiger partial charge >= 0.3 is 0 Å². The molecule has 4 heteroatoms. The highest BCUT2D eigenvalue weighted by molar-refractivity contribution is 7.99. The average molecular weight is 247 g/mol. The smallest absolute Gasteiger partial charge is 0.142 e. The fraction of sp³-hybridized carbons (Fsp3) is 0.455. The molecule has 1 aliphatic rings. The van der Waals surface area contributed by atoms with Crippen molar-refractivity contribution in [2.45, 2.75) is 30.5 Å². The highest BCUT2D eigenvalue weighted by Crippen LogP contribution is 2.38. The van der Waals surface area contributed by atoms with Gasteiger partial charge < -0.3 is 5.11 Å². The lowest BCUT2D eigenvalue weighted by Gasteiger charge is -2.13. The molecule has 0 amide bonds. The van der Waals surface area contributed by atoms with E-state index >= 15 is 0 Å². The first-order chi connectivity index (χ1) is 7.09. The molecule has 2 rings (SSSR count). The third-order valence-electron chi connectivity index (χ3n) is 2.66. The van der Waals surface area contributed by atoms with Crippen molar-refractivity contribution in [3.63, 3.8) is 0 Å². The minimum Gasteiger partial charge on any atom is -0.388 e. The molecule has 1 nitrogen and oxygen atoms in total. The summed E-state index contributed by atoms with van der Waals surface area (Å²) in [6.07, 6.45) is 0.169. The van der Waals surface area contributed by atoms with Gasteiger partial charge in [-0.3, -0.25) is 0 Å². The van der Waals surface area contributed by atoms with E-state index in [1.54, 1.807) is 17.8 Å². The number of hydrogen-bond donors (Lipinski definition) is 1. The summed E-state index contributed by atoms with van der Waals surface area (Å²) in [6, 6.07) is 2.96. The van der Waals surface area contributed by atoms with Gasteiger partial charge in [-0.25, -0.2) is 4.39 Å². The van der Waals surface area contributed by atoms with Crippen LogP contribution in [0, 0.1) is 5.82 Å². The molecule has 0 fully saturated rings. The number of aliphatic hydroxyl groups excluding tert-OH is 1. The van der Waals surface area contributed by atoms with E-state index in [0.29, 0.717) is 17.4 Å². The van der Waals surface area contributed by atoms with Crippen molar-refractivity contribution in [1.82, 2.24) is 0 Å². The molecule has 0 saturated carbocycles. The molecule has 0 bridgehead atoms. The Morgan fingerprint density at radius 3 is 3.00 bits per heavy atom. The fourth-order valence-corrected chi connectivity index (χ4v) is 3.20. The third-order valence-corrected chi connectivity index (χ3v) is 4.28. The van der Waals surface area contributed by atoms with Crippen molar-refractivity contribution in [3.8, 4) is 0 Å². The summed E-state index contributed by atoms with van der Waals surface area (Å²) in [5.41, 5.74) is 1.52. The Morgan fingerprint density at radius 1 is 1.53 bits per heavy atom. The minimum absolute atomic E-state index is 0.160. The maximum atomic E-state index is 13.2. The van der Waals surface area contributed by atoms with Crippen molar-refractivity contribution in [2.75, 3.05) is 0 Å². The molecule has 82 valence electrons. The van der Waals surface area contributed by atoms with Crippen molar-refractivity contribution >= 4 is 23.4 Å². The molecule has 0 radical (unpaired) electrons. The first kappa shape index (κ1) is 11.2. The van der Waals surface area contributed by atoms with E-state index < -0.39 is 11.9 Å². The van der Waals surface area contributed by atoms with Crippen LogP contribution in [0.25, 0.3) is 0 Å². The van der Waals surface area contributed by atoms with E-state index in [1.165, 1.54) is 6.07 Å². The van der Waals surface area contributed by atoms with Crippen molar-refractivity contribution in [3.05, 3.63) is 34.1 Å². The molecule has 0 saturated heterocycles. The van der Waals surface area contributed by atoms with Crippen molar-refractivity contribution in [1.29, 1.82) is 0 Å². The molecule has 0 aliphatic carbocycles. The van der Waals surface area contributed by atoms with E-state index in [9.17, 15) is 9.50 Å². The van der Waals surface area contributed by atoms with E-state index in [0.717, 1.165) is 11.1 Å². The van der Waals surface area contributed by atoms with Crippen LogP contribution in [0.1, 0.15) is 30.6 Å². The summed E-state index contributed by atoms with van der Waals surface area (Å²) in [7, 11) is 0. The van der Waals surface area contributed by atoms with Crippen LogP contribution in [-0.2, 0) is 5.75 Å². The molecule has 0 aromatic heterocycles. The van der Waals surface area contributed by atoms with Crippen LogP contribution < -0.4 is 0 Å². The fourth-order valence-electron chi connectivity index (χ4n) is 1.80. The highest BCUT2D eigenvalue weighted by atomic mass is 35.5. The normalized spacial score (nSPS) is 25.9. The second kappa shape index (κ2) is 4.32. The second-order valence-corrected chi connectivity index (χ2v) is 5.61. The minimum atomic E-state index is -0.525. The summed E-state index contributed by atoms with van der Waals surface area (Å²) >= 11 is 7.59. The molecular formula is C11H12ClFOS. The molecule has 1 aromatic rings. The number of rotatable bonds is 0. The molecule has 1 aliphatic heterocycles. The van der Waals surface area contributed by atoms with Gasteiger partial charge in [-0.05, 0) is 23.6 Å². The summed E-state index contributed by atoms with van der Waals surface area (Å²) in [5, 5.41) is 10.5. The molecule has 1 heterocycles. The molecule has 15 heavy (non-hydrogen) atoms. The monoisotopic (exact) mass is 246 g/mol.